The van der Waals surface area contributed by atoms with Crippen LogP contribution in [-0.2, 0) is 11.3 Å². The molecule has 1 unspecified atom stereocenters. The minimum absolute atomic E-state index is 0. The maximum atomic E-state index is 12.6. The van der Waals surface area contributed by atoms with Gasteiger partial charge in [-0.15, -0.1) is 12.4 Å². The Morgan fingerprint density at radius 3 is 2.46 bits per heavy atom. The minimum Gasteiger partial charge on any atom is -0.496 e. The summed E-state index contributed by atoms with van der Waals surface area (Å²) in [6, 6.07) is 12.8. The van der Waals surface area contributed by atoms with Crippen molar-refractivity contribution in [1.29, 1.82) is 0 Å². The lowest BCUT2D eigenvalue weighted by Gasteiger charge is -2.23. The van der Waals surface area contributed by atoms with Gasteiger partial charge in [-0.25, -0.2) is 0 Å². The van der Waals surface area contributed by atoms with Gasteiger partial charge in [-0.05, 0) is 30.7 Å². The highest BCUT2D eigenvalue weighted by molar-refractivity contribution is 9.10. The van der Waals surface area contributed by atoms with Gasteiger partial charge in [0.05, 0.1) is 7.11 Å². The summed E-state index contributed by atoms with van der Waals surface area (Å²) in [7, 11) is 3.36. The lowest BCUT2D eigenvalue weighted by atomic mass is 10.0. The highest BCUT2D eigenvalue weighted by atomic mass is 79.9. The first kappa shape index (κ1) is 20.5. The van der Waals surface area contributed by atoms with Crippen LogP contribution in [0.4, 0.5) is 0 Å². The molecular formula is C18H22BrClN2O2. The molecule has 0 heterocycles. The number of benzene rings is 2. The molecule has 4 nitrogen and oxygen atoms in total. The van der Waals surface area contributed by atoms with Gasteiger partial charge in [-0.3, -0.25) is 4.79 Å². The van der Waals surface area contributed by atoms with Crippen LogP contribution < -0.4 is 10.5 Å². The van der Waals surface area contributed by atoms with E-state index in [0.717, 1.165) is 26.9 Å². The molecule has 0 aliphatic heterocycles. The Morgan fingerprint density at radius 2 is 1.88 bits per heavy atom. The molecule has 0 aromatic heterocycles. The van der Waals surface area contributed by atoms with E-state index in [0.29, 0.717) is 6.54 Å². The van der Waals surface area contributed by atoms with Crippen LogP contribution in [0, 0.1) is 6.92 Å². The van der Waals surface area contributed by atoms with Crippen molar-refractivity contribution < 1.29 is 9.53 Å². The molecule has 0 saturated carbocycles. The van der Waals surface area contributed by atoms with Crippen molar-refractivity contribution in [2.45, 2.75) is 19.5 Å². The summed E-state index contributed by atoms with van der Waals surface area (Å²) in [5, 5.41) is 0. The molecule has 0 saturated heterocycles. The fourth-order valence-corrected chi connectivity index (χ4v) is 2.77. The molecule has 1 atom stereocenters. The Labute approximate surface area is 157 Å². The zero-order valence-corrected chi connectivity index (χ0v) is 16.4. The van der Waals surface area contributed by atoms with Crippen molar-refractivity contribution in [3.8, 4) is 5.75 Å². The summed E-state index contributed by atoms with van der Waals surface area (Å²) in [5.41, 5.74) is 8.99. The average Bonchev–Trinajstić information content (AvgIpc) is 2.54. The van der Waals surface area contributed by atoms with Crippen molar-refractivity contribution in [3.63, 3.8) is 0 Å². The molecule has 0 aliphatic carbocycles. The Hall–Kier alpha value is -1.56. The highest BCUT2D eigenvalue weighted by Gasteiger charge is 2.20. The third-order valence-corrected chi connectivity index (χ3v) is 4.22. The van der Waals surface area contributed by atoms with E-state index in [1.165, 1.54) is 0 Å². The Morgan fingerprint density at radius 1 is 1.25 bits per heavy atom. The zero-order chi connectivity index (χ0) is 17.0. The smallest absolute Gasteiger partial charge is 0.244 e. The molecule has 0 radical (unpaired) electrons. The monoisotopic (exact) mass is 412 g/mol. The van der Waals surface area contributed by atoms with Crippen LogP contribution in [0.25, 0.3) is 0 Å². The fraction of sp³-hybridized carbons (Fsp3) is 0.278. The van der Waals surface area contributed by atoms with E-state index in [2.05, 4.69) is 15.9 Å². The standard InChI is InChI=1S/C18H21BrN2O2.ClH/c1-12-4-6-13(7-5-12)17(20)18(22)21(2)11-14-10-15(19)8-9-16(14)23-3;/h4-10,17H,11,20H2,1-3H3;1H. The molecule has 130 valence electrons. The van der Waals surface area contributed by atoms with Gasteiger partial charge in [-0.1, -0.05) is 45.8 Å². The van der Waals surface area contributed by atoms with E-state index >= 15 is 0 Å². The second kappa shape index (κ2) is 9.06. The van der Waals surface area contributed by atoms with Gasteiger partial charge in [0.25, 0.3) is 0 Å². The molecule has 0 spiro atoms. The molecule has 2 N–H and O–H groups in total. The molecule has 1 amide bonds. The number of likely N-dealkylation sites (N-methyl/N-ethyl adjacent to an activating group) is 1. The molecule has 6 heteroatoms. The van der Waals surface area contributed by atoms with Crippen LogP contribution in [-0.4, -0.2) is 25.0 Å². The van der Waals surface area contributed by atoms with E-state index in [9.17, 15) is 4.79 Å². The normalized spacial score (nSPS) is 11.4. The number of amides is 1. The van der Waals surface area contributed by atoms with Crippen molar-refractivity contribution in [2.75, 3.05) is 14.2 Å². The van der Waals surface area contributed by atoms with E-state index in [1.54, 1.807) is 19.1 Å². The maximum Gasteiger partial charge on any atom is 0.244 e. The largest absolute Gasteiger partial charge is 0.496 e. The Bertz CT molecular complexity index is 692. The maximum absolute atomic E-state index is 12.6. The van der Waals surface area contributed by atoms with E-state index in [-0.39, 0.29) is 18.3 Å². The number of ether oxygens (including phenoxy) is 1. The van der Waals surface area contributed by atoms with E-state index in [4.69, 9.17) is 10.5 Å². The Kier molecular flexibility index (Phi) is 7.73. The summed E-state index contributed by atoms with van der Waals surface area (Å²) in [4.78, 5) is 14.2. The molecule has 2 rings (SSSR count). The number of carbonyl (C=O) groups excluding carboxylic acids is 1. The summed E-state index contributed by atoms with van der Waals surface area (Å²) >= 11 is 3.44. The van der Waals surface area contributed by atoms with Gasteiger partial charge < -0.3 is 15.4 Å². The summed E-state index contributed by atoms with van der Waals surface area (Å²) in [6.07, 6.45) is 0. The zero-order valence-electron chi connectivity index (χ0n) is 14.0. The molecule has 0 aliphatic rings. The number of hydrogen-bond donors (Lipinski definition) is 1. The molecule has 2 aromatic rings. The van der Waals surface area contributed by atoms with Gasteiger partial charge in [0.15, 0.2) is 0 Å². The fourth-order valence-electron chi connectivity index (χ4n) is 2.36. The molecule has 0 fully saturated rings. The number of carbonyl (C=O) groups is 1. The number of nitrogens with two attached hydrogens (primary N) is 1. The summed E-state index contributed by atoms with van der Waals surface area (Å²) in [6.45, 7) is 2.43. The van der Waals surface area contributed by atoms with Crippen LogP contribution in [0.15, 0.2) is 46.9 Å². The first-order valence-corrected chi connectivity index (χ1v) is 8.11. The van der Waals surface area contributed by atoms with Gasteiger partial charge in [0.2, 0.25) is 5.91 Å². The number of rotatable bonds is 5. The van der Waals surface area contributed by atoms with Crippen LogP contribution in [0.3, 0.4) is 0 Å². The molecule has 24 heavy (non-hydrogen) atoms. The van der Waals surface area contributed by atoms with Crippen LogP contribution in [0.1, 0.15) is 22.7 Å². The summed E-state index contributed by atoms with van der Waals surface area (Å²) < 4.78 is 6.29. The summed E-state index contributed by atoms with van der Waals surface area (Å²) in [5.74, 6) is 0.618. The number of hydrogen-bond acceptors (Lipinski definition) is 3. The minimum atomic E-state index is -0.668. The quantitative estimate of drug-likeness (QED) is 0.810. The number of nitrogens with zero attached hydrogens (tertiary/aromatic N) is 1. The molecular weight excluding hydrogens is 392 g/mol. The van der Waals surface area contributed by atoms with E-state index in [1.807, 2.05) is 49.4 Å². The predicted octanol–water partition coefficient (Wildman–Crippen LogP) is 3.85. The second-order valence-corrected chi connectivity index (χ2v) is 6.45. The predicted molar refractivity (Wildman–Crippen MR) is 103 cm³/mol. The first-order chi connectivity index (χ1) is 10.9. The first-order valence-electron chi connectivity index (χ1n) is 7.32. The SMILES string of the molecule is COc1ccc(Br)cc1CN(C)C(=O)C(N)c1ccc(C)cc1.Cl. The number of halogens is 2. The molecule has 2 aromatic carbocycles. The van der Waals surface area contributed by atoms with Crippen LogP contribution in [0.5, 0.6) is 5.75 Å². The average molecular weight is 414 g/mol. The molecule has 0 bridgehead atoms. The van der Waals surface area contributed by atoms with Gasteiger partial charge in [0, 0.05) is 23.6 Å². The van der Waals surface area contributed by atoms with E-state index < -0.39 is 6.04 Å². The van der Waals surface area contributed by atoms with Gasteiger partial charge in [0.1, 0.15) is 11.8 Å². The lowest BCUT2D eigenvalue weighted by molar-refractivity contribution is -0.132. The second-order valence-electron chi connectivity index (χ2n) is 5.54. The van der Waals surface area contributed by atoms with Crippen molar-refractivity contribution in [2.24, 2.45) is 5.73 Å². The topological polar surface area (TPSA) is 55.6 Å². The highest BCUT2D eigenvalue weighted by Crippen LogP contribution is 2.25. The van der Waals surface area contributed by atoms with Gasteiger partial charge in [-0.2, -0.15) is 0 Å². The third-order valence-electron chi connectivity index (χ3n) is 3.73. The third kappa shape index (κ3) is 4.97. The van der Waals surface area contributed by atoms with Gasteiger partial charge >= 0.3 is 0 Å². The lowest BCUT2D eigenvalue weighted by Crippen LogP contribution is -2.35. The van der Waals surface area contributed by atoms with Crippen molar-refractivity contribution >= 4 is 34.2 Å². The Balaban J connectivity index is 0.00000288. The van der Waals surface area contributed by atoms with Crippen molar-refractivity contribution in [1.82, 2.24) is 4.90 Å². The number of methoxy groups -OCH3 is 1. The number of aryl methyl sites for hydroxylation is 1. The van der Waals surface area contributed by atoms with Crippen molar-refractivity contribution in [3.05, 3.63) is 63.6 Å². The van der Waals surface area contributed by atoms with Crippen LogP contribution >= 0.6 is 28.3 Å². The van der Waals surface area contributed by atoms with Crippen LogP contribution in [0.2, 0.25) is 0 Å².